The molecule has 0 aliphatic heterocycles. The largest absolute Gasteiger partial charge is 0.311 e. The Balaban J connectivity index is 2.06. The number of hydrogen-bond acceptors (Lipinski definition) is 1. The zero-order chi connectivity index (χ0) is 8.43. The third-order valence-corrected chi connectivity index (χ3v) is 2.43. The van der Waals surface area contributed by atoms with Gasteiger partial charge in [0.05, 0.1) is 0 Å². The first-order chi connectivity index (χ1) is 5.09. The van der Waals surface area contributed by atoms with Crippen molar-refractivity contribution < 1.29 is 0 Å². The molecule has 3 unspecified atom stereocenters. The molecule has 1 N–H and O–H groups in total. The van der Waals surface area contributed by atoms with Gasteiger partial charge in [0.2, 0.25) is 0 Å². The molecule has 1 nitrogen and oxygen atoms in total. The number of nitrogens with one attached hydrogen (secondary N) is 1. The summed E-state index contributed by atoms with van der Waals surface area (Å²) in [6, 6.07) is 1.55. The van der Waals surface area contributed by atoms with Gasteiger partial charge in [0.15, 0.2) is 0 Å². The van der Waals surface area contributed by atoms with Crippen LogP contribution in [0.2, 0.25) is 0 Å². The van der Waals surface area contributed by atoms with Gasteiger partial charge >= 0.3 is 0 Å². The Bertz CT molecular complexity index is 120. The molecule has 0 saturated heterocycles. The average Bonchev–Trinajstić information content (AvgIpc) is 2.43. The van der Waals surface area contributed by atoms with Crippen LogP contribution in [0, 0.1) is 11.8 Å². The van der Waals surface area contributed by atoms with Gasteiger partial charge in [0.1, 0.15) is 0 Å². The molecular weight excluding hydrogens is 134 g/mol. The summed E-state index contributed by atoms with van der Waals surface area (Å²) in [5.41, 5.74) is 0. The molecule has 66 valence electrons. The van der Waals surface area contributed by atoms with Crippen molar-refractivity contribution in [3.05, 3.63) is 0 Å². The van der Waals surface area contributed by atoms with E-state index in [4.69, 9.17) is 0 Å². The molecule has 0 heterocycles. The molecule has 0 aromatic heterocycles. The summed E-state index contributed by atoms with van der Waals surface area (Å²) in [6.07, 6.45) is 2.70. The smallest absolute Gasteiger partial charge is 0.00988 e. The highest BCUT2D eigenvalue weighted by atomic mass is 15.0. The summed E-state index contributed by atoms with van der Waals surface area (Å²) < 4.78 is 0. The maximum Gasteiger partial charge on any atom is 0.00988 e. The van der Waals surface area contributed by atoms with Crippen molar-refractivity contribution in [1.29, 1.82) is 0 Å². The zero-order valence-electron chi connectivity index (χ0n) is 8.22. The van der Waals surface area contributed by atoms with E-state index in [1.54, 1.807) is 0 Å². The molecule has 3 atom stereocenters. The lowest BCUT2D eigenvalue weighted by atomic mass is 10.1. The molecule has 1 aliphatic rings. The van der Waals surface area contributed by atoms with Gasteiger partial charge in [0.25, 0.3) is 0 Å². The minimum Gasteiger partial charge on any atom is -0.311 e. The molecule has 0 radical (unpaired) electrons. The average molecular weight is 155 g/mol. The fourth-order valence-electron chi connectivity index (χ4n) is 1.69. The van der Waals surface area contributed by atoms with Crippen LogP contribution in [-0.2, 0) is 0 Å². The Morgan fingerprint density at radius 2 is 1.91 bits per heavy atom. The van der Waals surface area contributed by atoms with E-state index >= 15 is 0 Å². The van der Waals surface area contributed by atoms with Crippen LogP contribution >= 0.6 is 0 Å². The van der Waals surface area contributed by atoms with E-state index in [1.165, 1.54) is 12.8 Å². The number of rotatable bonds is 4. The molecular formula is C10H21N. The molecule has 0 amide bonds. The summed E-state index contributed by atoms with van der Waals surface area (Å²) in [5.74, 6) is 1.76. The van der Waals surface area contributed by atoms with Crippen molar-refractivity contribution in [2.75, 3.05) is 0 Å². The summed E-state index contributed by atoms with van der Waals surface area (Å²) >= 11 is 0. The molecule has 11 heavy (non-hydrogen) atoms. The Morgan fingerprint density at radius 1 is 1.36 bits per heavy atom. The van der Waals surface area contributed by atoms with Crippen molar-refractivity contribution >= 4 is 0 Å². The Labute approximate surface area is 70.6 Å². The SMILES string of the molecule is CC(C)CC(C)NC1CC1C. The van der Waals surface area contributed by atoms with E-state index in [1.807, 2.05) is 0 Å². The Morgan fingerprint density at radius 3 is 2.27 bits per heavy atom. The second-order valence-electron chi connectivity index (χ2n) is 4.52. The maximum atomic E-state index is 3.63. The fraction of sp³-hybridized carbons (Fsp3) is 1.00. The minimum absolute atomic E-state index is 0.713. The van der Waals surface area contributed by atoms with Crippen LogP contribution in [0.4, 0.5) is 0 Å². The van der Waals surface area contributed by atoms with Gasteiger partial charge in [-0.15, -0.1) is 0 Å². The monoisotopic (exact) mass is 155 g/mol. The quantitative estimate of drug-likeness (QED) is 0.657. The lowest BCUT2D eigenvalue weighted by molar-refractivity contribution is 0.434. The highest BCUT2D eigenvalue weighted by Crippen LogP contribution is 2.29. The molecule has 0 bridgehead atoms. The molecule has 1 heteroatoms. The highest BCUT2D eigenvalue weighted by molar-refractivity contribution is 4.91. The second-order valence-corrected chi connectivity index (χ2v) is 4.52. The van der Waals surface area contributed by atoms with Crippen LogP contribution in [0.15, 0.2) is 0 Å². The van der Waals surface area contributed by atoms with Gasteiger partial charge in [-0.1, -0.05) is 20.8 Å². The first kappa shape index (κ1) is 9.05. The van der Waals surface area contributed by atoms with Crippen molar-refractivity contribution in [2.45, 2.75) is 52.6 Å². The summed E-state index contributed by atoms with van der Waals surface area (Å²) in [6.45, 7) is 9.19. The molecule has 1 saturated carbocycles. The van der Waals surface area contributed by atoms with E-state index in [-0.39, 0.29) is 0 Å². The lowest BCUT2D eigenvalue weighted by Crippen LogP contribution is -2.30. The number of hydrogen-bond donors (Lipinski definition) is 1. The van der Waals surface area contributed by atoms with E-state index < -0.39 is 0 Å². The molecule has 1 rings (SSSR count). The van der Waals surface area contributed by atoms with Crippen molar-refractivity contribution in [2.24, 2.45) is 11.8 Å². The molecule has 0 aromatic rings. The first-order valence-corrected chi connectivity index (χ1v) is 4.85. The Kier molecular flexibility index (Phi) is 2.94. The normalized spacial score (nSPS) is 32.5. The van der Waals surface area contributed by atoms with Gasteiger partial charge in [-0.05, 0) is 31.6 Å². The maximum absolute atomic E-state index is 3.63. The van der Waals surface area contributed by atoms with Crippen molar-refractivity contribution in [3.8, 4) is 0 Å². The summed E-state index contributed by atoms with van der Waals surface area (Å²) in [5, 5.41) is 3.63. The molecule has 0 aromatic carbocycles. The van der Waals surface area contributed by atoms with Gasteiger partial charge in [-0.25, -0.2) is 0 Å². The molecule has 0 spiro atoms. The third kappa shape index (κ3) is 3.24. The van der Waals surface area contributed by atoms with Gasteiger partial charge in [-0.2, -0.15) is 0 Å². The van der Waals surface area contributed by atoms with Crippen LogP contribution in [0.1, 0.15) is 40.5 Å². The standard InChI is InChI=1S/C10H21N/c1-7(2)5-9(4)11-10-6-8(10)3/h7-11H,5-6H2,1-4H3. The van der Waals surface area contributed by atoms with Crippen molar-refractivity contribution in [1.82, 2.24) is 5.32 Å². The van der Waals surface area contributed by atoms with Crippen LogP contribution in [0.5, 0.6) is 0 Å². The molecule has 1 fully saturated rings. The van der Waals surface area contributed by atoms with Crippen LogP contribution in [-0.4, -0.2) is 12.1 Å². The predicted molar refractivity (Wildman–Crippen MR) is 49.6 cm³/mol. The van der Waals surface area contributed by atoms with Crippen molar-refractivity contribution in [3.63, 3.8) is 0 Å². The Hall–Kier alpha value is -0.0400. The van der Waals surface area contributed by atoms with Gasteiger partial charge in [0, 0.05) is 12.1 Å². The van der Waals surface area contributed by atoms with E-state index in [2.05, 4.69) is 33.0 Å². The third-order valence-electron chi connectivity index (χ3n) is 2.43. The van der Waals surface area contributed by atoms with E-state index in [0.717, 1.165) is 17.9 Å². The first-order valence-electron chi connectivity index (χ1n) is 4.85. The van der Waals surface area contributed by atoms with Gasteiger partial charge < -0.3 is 5.32 Å². The minimum atomic E-state index is 0.713. The second kappa shape index (κ2) is 3.57. The van der Waals surface area contributed by atoms with Crippen LogP contribution in [0.25, 0.3) is 0 Å². The fourth-order valence-corrected chi connectivity index (χ4v) is 1.69. The van der Waals surface area contributed by atoms with Crippen LogP contribution in [0.3, 0.4) is 0 Å². The highest BCUT2D eigenvalue weighted by Gasteiger charge is 2.32. The predicted octanol–water partition coefficient (Wildman–Crippen LogP) is 2.42. The van der Waals surface area contributed by atoms with E-state index in [0.29, 0.717) is 6.04 Å². The zero-order valence-corrected chi connectivity index (χ0v) is 8.22. The summed E-state index contributed by atoms with van der Waals surface area (Å²) in [4.78, 5) is 0. The van der Waals surface area contributed by atoms with Crippen LogP contribution < -0.4 is 5.32 Å². The lowest BCUT2D eigenvalue weighted by Gasteiger charge is -2.15. The van der Waals surface area contributed by atoms with E-state index in [9.17, 15) is 0 Å². The summed E-state index contributed by atoms with van der Waals surface area (Å²) in [7, 11) is 0. The molecule has 1 aliphatic carbocycles. The van der Waals surface area contributed by atoms with Gasteiger partial charge in [-0.3, -0.25) is 0 Å². The topological polar surface area (TPSA) is 12.0 Å².